The molecule has 19 heavy (non-hydrogen) atoms. The minimum atomic E-state index is 0.789. The Bertz CT molecular complexity index is 328. The molecule has 3 nitrogen and oxygen atoms in total. The van der Waals surface area contributed by atoms with Crippen LogP contribution in [0.1, 0.15) is 31.7 Å². The molecule has 1 aromatic carbocycles. The molecule has 0 amide bonds. The Hall–Kier alpha value is -1.06. The van der Waals surface area contributed by atoms with Gasteiger partial charge in [0, 0.05) is 13.7 Å². The van der Waals surface area contributed by atoms with Gasteiger partial charge in [0.1, 0.15) is 5.75 Å². The van der Waals surface area contributed by atoms with Crippen LogP contribution in [0.3, 0.4) is 0 Å². The molecule has 0 radical (unpaired) electrons. The Labute approximate surface area is 117 Å². The fourth-order valence-corrected chi connectivity index (χ4v) is 1.89. The standard InChI is InChI=1S/C16H27NO2/c1-3-12-19-16-9-6-8-15(14-16)7-4-5-10-17-11-13-18-2/h6,8-9,14,17H,3-5,7,10-13H2,1-2H3. The molecule has 0 fully saturated rings. The third kappa shape index (κ3) is 7.85. The van der Waals surface area contributed by atoms with Gasteiger partial charge in [-0.15, -0.1) is 0 Å². The van der Waals surface area contributed by atoms with Crippen LogP contribution in [0.2, 0.25) is 0 Å². The Morgan fingerprint density at radius 1 is 1.11 bits per heavy atom. The number of unbranched alkanes of at least 4 members (excludes halogenated alkanes) is 1. The van der Waals surface area contributed by atoms with Crippen molar-refractivity contribution >= 4 is 0 Å². The summed E-state index contributed by atoms with van der Waals surface area (Å²) in [6, 6.07) is 8.45. The maximum absolute atomic E-state index is 5.64. The molecule has 1 rings (SSSR count). The average Bonchev–Trinajstić information content (AvgIpc) is 2.44. The van der Waals surface area contributed by atoms with Crippen molar-refractivity contribution in [2.24, 2.45) is 0 Å². The molecule has 1 N–H and O–H groups in total. The predicted octanol–water partition coefficient (Wildman–Crippen LogP) is 3.03. The summed E-state index contributed by atoms with van der Waals surface area (Å²) in [6.45, 7) is 5.72. The Morgan fingerprint density at radius 2 is 2.00 bits per heavy atom. The van der Waals surface area contributed by atoms with Crippen molar-refractivity contribution in [3.8, 4) is 5.75 Å². The van der Waals surface area contributed by atoms with Gasteiger partial charge < -0.3 is 14.8 Å². The monoisotopic (exact) mass is 265 g/mol. The van der Waals surface area contributed by atoms with E-state index in [1.807, 2.05) is 6.07 Å². The second-order valence-electron chi connectivity index (χ2n) is 4.70. The highest BCUT2D eigenvalue weighted by Crippen LogP contribution is 2.15. The Morgan fingerprint density at radius 3 is 2.79 bits per heavy atom. The van der Waals surface area contributed by atoms with E-state index in [2.05, 4.69) is 30.4 Å². The predicted molar refractivity (Wildman–Crippen MR) is 79.9 cm³/mol. The first-order valence-corrected chi connectivity index (χ1v) is 7.28. The second-order valence-corrected chi connectivity index (χ2v) is 4.70. The molecule has 0 saturated carbocycles. The van der Waals surface area contributed by atoms with E-state index in [1.54, 1.807) is 7.11 Å². The van der Waals surface area contributed by atoms with Gasteiger partial charge in [0.25, 0.3) is 0 Å². The highest BCUT2D eigenvalue weighted by molar-refractivity contribution is 5.28. The van der Waals surface area contributed by atoms with Gasteiger partial charge >= 0.3 is 0 Å². The van der Waals surface area contributed by atoms with Crippen molar-refractivity contribution in [1.82, 2.24) is 5.32 Å². The van der Waals surface area contributed by atoms with Crippen LogP contribution in [0, 0.1) is 0 Å². The molecule has 1 aromatic rings. The summed E-state index contributed by atoms with van der Waals surface area (Å²) in [6.07, 6.45) is 4.58. The number of rotatable bonds is 11. The van der Waals surface area contributed by atoms with E-state index in [0.717, 1.165) is 44.9 Å². The van der Waals surface area contributed by atoms with Crippen molar-refractivity contribution < 1.29 is 9.47 Å². The molecule has 0 aromatic heterocycles. The Balaban J connectivity index is 2.14. The fourth-order valence-electron chi connectivity index (χ4n) is 1.89. The van der Waals surface area contributed by atoms with Crippen LogP contribution >= 0.6 is 0 Å². The normalized spacial score (nSPS) is 10.6. The zero-order valence-electron chi connectivity index (χ0n) is 12.3. The maximum atomic E-state index is 5.64. The topological polar surface area (TPSA) is 30.5 Å². The third-order valence-electron chi connectivity index (χ3n) is 2.92. The van der Waals surface area contributed by atoms with Crippen LogP contribution in [0.25, 0.3) is 0 Å². The zero-order chi connectivity index (χ0) is 13.8. The van der Waals surface area contributed by atoms with Crippen molar-refractivity contribution in [3.63, 3.8) is 0 Å². The van der Waals surface area contributed by atoms with Crippen LogP contribution in [0.4, 0.5) is 0 Å². The lowest BCUT2D eigenvalue weighted by Crippen LogP contribution is -2.20. The van der Waals surface area contributed by atoms with E-state index in [0.29, 0.717) is 0 Å². The smallest absolute Gasteiger partial charge is 0.119 e. The number of hydrogen-bond donors (Lipinski definition) is 1. The quantitative estimate of drug-likeness (QED) is 0.624. The summed E-state index contributed by atoms with van der Waals surface area (Å²) in [7, 11) is 1.73. The van der Waals surface area contributed by atoms with Gasteiger partial charge in [0.15, 0.2) is 0 Å². The fraction of sp³-hybridized carbons (Fsp3) is 0.625. The van der Waals surface area contributed by atoms with E-state index in [1.165, 1.54) is 18.4 Å². The minimum absolute atomic E-state index is 0.789. The van der Waals surface area contributed by atoms with E-state index in [9.17, 15) is 0 Å². The molecule has 108 valence electrons. The zero-order valence-corrected chi connectivity index (χ0v) is 12.3. The summed E-state index contributed by atoms with van der Waals surface area (Å²) >= 11 is 0. The number of methoxy groups -OCH3 is 1. The van der Waals surface area contributed by atoms with Gasteiger partial charge in [0.05, 0.1) is 13.2 Å². The molecule has 0 aliphatic rings. The van der Waals surface area contributed by atoms with Crippen molar-refractivity contribution in [2.45, 2.75) is 32.6 Å². The summed E-state index contributed by atoms with van der Waals surface area (Å²) in [5.41, 5.74) is 1.37. The molecular weight excluding hydrogens is 238 g/mol. The van der Waals surface area contributed by atoms with E-state index in [-0.39, 0.29) is 0 Å². The average molecular weight is 265 g/mol. The van der Waals surface area contributed by atoms with Crippen molar-refractivity contribution in [3.05, 3.63) is 29.8 Å². The minimum Gasteiger partial charge on any atom is -0.494 e. The highest BCUT2D eigenvalue weighted by atomic mass is 16.5. The molecule has 0 atom stereocenters. The van der Waals surface area contributed by atoms with Gasteiger partial charge in [0.2, 0.25) is 0 Å². The van der Waals surface area contributed by atoms with Gasteiger partial charge in [-0.25, -0.2) is 0 Å². The van der Waals surface area contributed by atoms with Crippen molar-refractivity contribution in [2.75, 3.05) is 33.4 Å². The van der Waals surface area contributed by atoms with E-state index in [4.69, 9.17) is 9.47 Å². The van der Waals surface area contributed by atoms with Crippen LogP contribution in [-0.2, 0) is 11.2 Å². The lowest BCUT2D eigenvalue weighted by atomic mass is 10.1. The van der Waals surface area contributed by atoms with Gasteiger partial charge in [-0.05, 0) is 49.9 Å². The summed E-state index contributed by atoms with van der Waals surface area (Å²) in [4.78, 5) is 0. The lowest BCUT2D eigenvalue weighted by Gasteiger charge is -2.07. The lowest BCUT2D eigenvalue weighted by molar-refractivity contribution is 0.199. The molecular formula is C16H27NO2. The first-order chi connectivity index (χ1) is 9.36. The molecule has 0 heterocycles. The third-order valence-corrected chi connectivity index (χ3v) is 2.92. The number of benzene rings is 1. The van der Waals surface area contributed by atoms with Gasteiger partial charge in [-0.1, -0.05) is 19.1 Å². The largest absolute Gasteiger partial charge is 0.494 e. The van der Waals surface area contributed by atoms with E-state index >= 15 is 0 Å². The first-order valence-electron chi connectivity index (χ1n) is 7.28. The number of aryl methyl sites for hydroxylation is 1. The van der Waals surface area contributed by atoms with Crippen LogP contribution in [0.15, 0.2) is 24.3 Å². The molecule has 0 aliphatic heterocycles. The summed E-state index contributed by atoms with van der Waals surface area (Å²) in [5.74, 6) is 0.998. The maximum Gasteiger partial charge on any atom is 0.119 e. The summed E-state index contributed by atoms with van der Waals surface area (Å²) < 4.78 is 10.6. The number of nitrogens with one attached hydrogen (secondary N) is 1. The highest BCUT2D eigenvalue weighted by Gasteiger charge is 1.97. The molecule has 0 saturated heterocycles. The Kier molecular flexibility index (Phi) is 9.11. The number of ether oxygens (including phenoxy) is 2. The number of hydrogen-bond acceptors (Lipinski definition) is 3. The summed E-state index contributed by atoms with van der Waals surface area (Å²) in [5, 5.41) is 3.36. The molecule has 3 heteroatoms. The molecule has 0 bridgehead atoms. The van der Waals surface area contributed by atoms with Crippen LogP contribution < -0.4 is 10.1 Å². The molecule has 0 spiro atoms. The molecule has 0 aliphatic carbocycles. The van der Waals surface area contributed by atoms with Gasteiger partial charge in [-0.2, -0.15) is 0 Å². The van der Waals surface area contributed by atoms with Crippen LogP contribution in [-0.4, -0.2) is 33.4 Å². The van der Waals surface area contributed by atoms with Gasteiger partial charge in [-0.3, -0.25) is 0 Å². The SMILES string of the molecule is CCCOc1cccc(CCCCNCCOC)c1. The van der Waals surface area contributed by atoms with Crippen molar-refractivity contribution in [1.29, 1.82) is 0 Å². The van der Waals surface area contributed by atoms with E-state index < -0.39 is 0 Å². The molecule has 0 unspecified atom stereocenters. The van der Waals surface area contributed by atoms with Crippen LogP contribution in [0.5, 0.6) is 5.75 Å². The second kappa shape index (κ2) is 10.8. The first kappa shape index (κ1) is 16.0.